The van der Waals surface area contributed by atoms with Gasteiger partial charge in [0.2, 0.25) is 0 Å². The normalized spacial score (nSPS) is 12.0. The minimum absolute atomic E-state index is 0.0438. The van der Waals surface area contributed by atoms with Crippen LogP contribution in [0.15, 0.2) is 18.2 Å². The minimum atomic E-state index is -4.31. The summed E-state index contributed by atoms with van der Waals surface area (Å²) < 4.78 is 54.9. The van der Waals surface area contributed by atoms with Crippen LogP contribution < -0.4 is 10.6 Å². The van der Waals surface area contributed by atoms with Gasteiger partial charge >= 0.3 is 12.3 Å². The molecule has 0 aromatic heterocycles. The van der Waals surface area contributed by atoms with Crippen LogP contribution in [0.4, 0.5) is 28.0 Å². The molecule has 0 saturated carbocycles. The fourth-order valence-corrected chi connectivity index (χ4v) is 1.65. The predicted molar refractivity (Wildman–Crippen MR) is 78.6 cm³/mol. The van der Waals surface area contributed by atoms with Gasteiger partial charge in [-0.05, 0) is 38.5 Å². The smallest absolute Gasteiger partial charge is 0.407 e. The van der Waals surface area contributed by atoms with Crippen molar-refractivity contribution in [3.05, 3.63) is 29.6 Å². The highest BCUT2D eigenvalue weighted by atomic mass is 19.4. The van der Waals surface area contributed by atoms with Gasteiger partial charge in [-0.15, -0.1) is 0 Å². The molecule has 0 heterocycles. The van der Waals surface area contributed by atoms with E-state index in [1.165, 1.54) is 12.1 Å². The Bertz CT molecular complexity index is 539. The molecule has 0 aliphatic heterocycles. The molecule has 0 radical (unpaired) electrons. The number of amides is 1. The molecule has 0 atom stereocenters. The molecular weight excluding hydrogens is 316 g/mol. The first-order valence-corrected chi connectivity index (χ1v) is 7.02. The number of alkyl halides is 3. The van der Waals surface area contributed by atoms with Gasteiger partial charge in [0.25, 0.3) is 0 Å². The van der Waals surface area contributed by atoms with E-state index in [1.54, 1.807) is 20.8 Å². The second-order valence-electron chi connectivity index (χ2n) is 5.96. The highest BCUT2D eigenvalue weighted by Gasteiger charge is 2.26. The number of carbonyl (C=O) groups is 1. The number of alkyl carbamates (subject to hydrolysis) is 1. The highest BCUT2D eigenvalue weighted by molar-refractivity contribution is 5.67. The Balaban J connectivity index is 2.58. The summed E-state index contributed by atoms with van der Waals surface area (Å²) in [6.07, 6.45) is -6.00. The molecule has 1 aromatic rings. The quantitative estimate of drug-likeness (QED) is 0.792. The van der Waals surface area contributed by atoms with Crippen LogP contribution in [0.3, 0.4) is 0 Å². The van der Waals surface area contributed by atoms with Crippen LogP contribution in [-0.4, -0.2) is 24.4 Å². The van der Waals surface area contributed by atoms with Gasteiger partial charge in [0.1, 0.15) is 11.4 Å². The molecule has 23 heavy (non-hydrogen) atoms. The largest absolute Gasteiger partial charge is 0.444 e. The van der Waals surface area contributed by atoms with Gasteiger partial charge in [-0.3, -0.25) is 0 Å². The molecule has 130 valence electrons. The third-order valence-corrected chi connectivity index (χ3v) is 2.59. The van der Waals surface area contributed by atoms with E-state index >= 15 is 0 Å². The Labute approximate surface area is 132 Å². The number of halogens is 4. The average Bonchev–Trinajstić information content (AvgIpc) is 2.36. The van der Waals surface area contributed by atoms with Gasteiger partial charge < -0.3 is 15.4 Å². The number of anilines is 1. The molecule has 8 heteroatoms. The summed E-state index contributed by atoms with van der Waals surface area (Å²) in [5, 5.41) is 4.89. The number of carbonyl (C=O) groups excluding carboxylic acids is 1. The third kappa shape index (κ3) is 8.27. The van der Waals surface area contributed by atoms with Crippen LogP contribution >= 0.6 is 0 Å². The first-order chi connectivity index (χ1) is 10.5. The maximum Gasteiger partial charge on any atom is 0.407 e. The van der Waals surface area contributed by atoms with Crippen LogP contribution in [-0.2, 0) is 11.3 Å². The predicted octanol–water partition coefficient (Wildman–Crippen LogP) is 4.21. The molecule has 0 fully saturated rings. The zero-order valence-electron chi connectivity index (χ0n) is 13.2. The van der Waals surface area contributed by atoms with E-state index < -0.39 is 36.7 Å². The highest BCUT2D eigenvalue weighted by Crippen LogP contribution is 2.21. The third-order valence-electron chi connectivity index (χ3n) is 2.59. The van der Waals surface area contributed by atoms with Crippen molar-refractivity contribution in [3.63, 3.8) is 0 Å². The van der Waals surface area contributed by atoms with E-state index in [9.17, 15) is 22.4 Å². The Kier molecular flexibility index (Phi) is 6.23. The summed E-state index contributed by atoms with van der Waals surface area (Å²) in [5.41, 5.74) is -0.151. The van der Waals surface area contributed by atoms with Crippen LogP contribution in [0.5, 0.6) is 0 Å². The second kappa shape index (κ2) is 7.52. The number of rotatable bonds is 5. The SMILES string of the molecule is CC(C)(C)OC(=O)NCc1ccc(F)c(NCCC(F)(F)F)c1. The summed E-state index contributed by atoms with van der Waals surface area (Å²) in [4.78, 5) is 11.5. The first-order valence-electron chi connectivity index (χ1n) is 7.02. The number of hydrogen-bond acceptors (Lipinski definition) is 3. The van der Waals surface area contributed by atoms with Crippen molar-refractivity contribution in [1.82, 2.24) is 5.32 Å². The molecule has 1 rings (SSSR count). The summed E-state index contributed by atoms with van der Waals surface area (Å²) in [7, 11) is 0. The van der Waals surface area contributed by atoms with Crippen molar-refractivity contribution >= 4 is 11.8 Å². The molecule has 0 bridgehead atoms. The Hall–Kier alpha value is -1.99. The zero-order valence-corrected chi connectivity index (χ0v) is 13.2. The number of benzene rings is 1. The van der Waals surface area contributed by atoms with Gasteiger partial charge in [-0.25, -0.2) is 9.18 Å². The van der Waals surface area contributed by atoms with E-state index in [4.69, 9.17) is 4.74 Å². The van der Waals surface area contributed by atoms with Crippen LogP contribution in [0, 0.1) is 5.82 Å². The van der Waals surface area contributed by atoms with Crippen molar-refractivity contribution in [2.24, 2.45) is 0 Å². The minimum Gasteiger partial charge on any atom is -0.444 e. The summed E-state index contributed by atoms with van der Waals surface area (Å²) in [5.74, 6) is -0.659. The van der Waals surface area contributed by atoms with E-state index in [1.807, 2.05) is 0 Å². The van der Waals surface area contributed by atoms with E-state index in [0.717, 1.165) is 6.07 Å². The molecule has 1 amide bonds. The Morgan fingerprint density at radius 2 is 1.87 bits per heavy atom. The lowest BCUT2D eigenvalue weighted by Gasteiger charge is -2.19. The van der Waals surface area contributed by atoms with Gasteiger partial charge in [-0.2, -0.15) is 13.2 Å². The lowest BCUT2D eigenvalue weighted by atomic mass is 10.2. The fourth-order valence-electron chi connectivity index (χ4n) is 1.65. The lowest BCUT2D eigenvalue weighted by Crippen LogP contribution is -2.32. The Morgan fingerprint density at radius 3 is 2.43 bits per heavy atom. The lowest BCUT2D eigenvalue weighted by molar-refractivity contribution is -0.131. The second-order valence-corrected chi connectivity index (χ2v) is 5.96. The van der Waals surface area contributed by atoms with Gasteiger partial charge in [0, 0.05) is 13.1 Å². The standard InChI is InChI=1S/C15H20F4N2O2/c1-14(2,3)23-13(22)21-9-10-4-5-11(16)12(8-10)20-7-6-15(17,18)19/h4-5,8,20H,6-7,9H2,1-3H3,(H,21,22). The van der Waals surface area contributed by atoms with E-state index in [2.05, 4.69) is 10.6 Å². The summed E-state index contributed by atoms with van der Waals surface area (Å²) >= 11 is 0. The van der Waals surface area contributed by atoms with Crippen molar-refractivity contribution in [2.45, 2.75) is 45.5 Å². The molecule has 0 saturated heterocycles. The van der Waals surface area contributed by atoms with Gasteiger partial charge in [-0.1, -0.05) is 6.07 Å². The number of hydrogen-bond donors (Lipinski definition) is 2. The number of nitrogens with one attached hydrogen (secondary N) is 2. The zero-order chi connectivity index (χ0) is 17.7. The molecule has 1 aromatic carbocycles. The number of ether oxygens (including phenoxy) is 1. The molecule has 2 N–H and O–H groups in total. The van der Waals surface area contributed by atoms with Crippen LogP contribution in [0.2, 0.25) is 0 Å². The van der Waals surface area contributed by atoms with Crippen LogP contribution in [0.1, 0.15) is 32.8 Å². The van der Waals surface area contributed by atoms with Gasteiger partial charge in [0.15, 0.2) is 0 Å². The maximum atomic E-state index is 13.6. The average molecular weight is 336 g/mol. The van der Waals surface area contributed by atoms with E-state index in [0.29, 0.717) is 5.56 Å². The monoisotopic (exact) mass is 336 g/mol. The first kappa shape index (κ1) is 19.1. The molecule has 4 nitrogen and oxygen atoms in total. The van der Waals surface area contributed by atoms with Gasteiger partial charge in [0.05, 0.1) is 12.1 Å². The molecular formula is C15H20F4N2O2. The fraction of sp³-hybridized carbons (Fsp3) is 0.533. The van der Waals surface area contributed by atoms with Crippen molar-refractivity contribution in [3.8, 4) is 0 Å². The Morgan fingerprint density at radius 1 is 1.22 bits per heavy atom. The molecule has 0 spiro atoms. The van der Waals surface area contributed by atoms with Crippen molar-refractivity contribution in [2.75, 3.05) is 11.9 Å². The molecule has 0 aliphatic rings. The van der Waals surface area contributed by atoms with E-state index in [-0.39, 0.29) is 12.2 Å². The van der Waals surface area contributed by atoms with Crippen LogP contribution in [0.25, 0.3) is 0 Å². The van der Waals surface area contributed by atoms with Crippen molar-refractivity contribution in [1.29, 1.82) is 0 Å². The summed E-state index contributed by atoms with van der Waals surface area (Å²) in [6.45, 7) is 4.79. The topological polar surface area (TPSA) is 50.4 Å². The summed E-state index contributed by atoms with van der Waals surface area (Å²) in [6, 6.07) is 3.91. The maximum absolute atomic E-state index is 13.6. The molecule has 0 aliphatic carbocycles. The molecule has 0 unspecified atom stereocenters. The van der Waals surface area contributed by atoms with Crippen molar-refractivity contribution < 1.29 is 27.1 Å².